The van der Waals surface area contributed by atoms with E-state index in [1.807, 2.05) is 0 Å². The molecule has 2 aromatic carbocycles. The average molecular weight is 458 g/mol. The van der Waals surface area contributed by atoms with Crippen LogP contribution in [0.3, 0.4) is 0 Å². The molecule has 32 heavy (non-hydrogen) atoms. The Labute approximate surface area is 184 Å². The van der Waals surface area contributed by atoms with Gasteiger partial charge in [0.1, 0.15) is 11.3 Å². The van der Waals surface area contributed by atoms with Gasteiger partial charge in [-0.3, -0.25) is 4.79 Å². The van der Waals surface area contributed by atoms with E-state index in [1.54, 1.807) is 37.3 Å². The summed E-state index contributed by atoms with van der Waals surface area (Å²) in [4.78, 5) is 24.0. The van der Waals surface area contributed by atoms with Crippen molar-refractivity contribution in [1.82, 2.24) is 4.31 Å². The molecule has 0 radical (unpaired) electrons. The Bertz CT molecular complexity index is 1310. The Kier molecular flexibility index (Phi) is 6.26. The Morgan fingerprint density at radius 2 is 1.91 bits per heavy atom. The predicted molar refractivity (Wildman–Crippen MR) is 117 cm³/mol. The van der Waals surface area contributed by atoms with Gasteiger partial charge in [-0.2, -0.15) is 4.31 Å². The summed E-state index contributed by atoms with van der Waals surface area (Å²) < 4.78 is 42.8. The van der Waals surface area contributed by atoms with Gasteiger partial charge in [0.05, 0.1) is 18.1 Å². The summed E-state index contributed by atoms with van der Waals surface area (Å²) in [6, 6.07) is 12.5. The number of anilines is 1. The lowest BCUT2D eigenvalue weighted by Crippen LogP contribution is -2.40. The highest BCUT2D eigenvalue weighted by Gasteiger charge is 2.26. The smallest absolute Gasteiger partial charge is 0.336 e. The van der Waals surface area contributed by atoms with E-state index in [1.165, 1.54) is 22.5 Å². The summed E-state index contributed by atoms with van der Waals surface area (Å²) in [5.41, 5.74) is 1.03. The molecule has 1 fully saturated rings. The van der Waals surface area contributed by atoms with Crippen LogP contribution in [0.15, 0.2) is 62.6 Å². The molecule has 2 heterocycles. The summed E-state index contributed by atoms with van der Waals surface area (Å²) in [6.07, 6.45) is 0. The minimum atomic E-state index is -3.67. The lowest BCUT2D eigenvalue weighted by atomic mass is 10.1. The molecule has 1 aliphatic heterocycles. The Hall–Kier alpha value is -3.21. The predicted octanol–water partition coefficient (Wildman–Crippen LogP) is 2.14. The first kappa shape index (κ1) is 22.0. The molecule has 0 atom stereocenters. The summed E-state index contributed by atoms with van der Waals surface area (Å²) in [5, 5.41) is 3.42. The van der Waals surface area contributed by atoms with E-state index in [0.29, 0.717) is 30.2 Å². The molecular weight excluding hydrogens is 436 g/mol. The molecule has 1 aromatic heterocycles. The van der Waals surface area contributed by atoms with Gasteiger partial charge in [0.2, 0.25) is 10.0 Å². The van der Waals surface area contributed by atoms with E-state index >= 15 is 0 Å². The number of carbonyl (C=O) groups excluding carboxylic acids is 1. The first-order valence-electron chi connectivity index (χ1n) is 9.98. The first-order chi connectivity index (χ1) is 15.3. The second kappa shape index (κ2) is 9.11. The lowest BCUT2D eigenvalue weighted by molar-refractivity contribution is -0.118. The zero-order chi connectivity index (χ0) is 22.7. The van der Waals surface area contributed by atoms with Gasteiger partial charge >= 0.3 is 5.63 Å². The number of morpholine rings is 1. The minimum Gasteiger partial charge on any atom is -0.484 e. The number of amides is 1. The molecule has 0 bridgehead atoms. The molecule has 0 aliphatic carbocycles. The van der Waals surface area contributed by atoms with Crippen LogP contribution in [0.5, 0.6) is 5.75 Å². The zero-order valence-electron chi connectivity index (χ0n) is 17.4. The molecule has 10 heteroatoms. The molecule has 9 nitrogen and oxygen atoms in total. The third kappa shape index (κ3) is 4.82. The van der Waals surface area contributed by atoms with Crippen molar-refractivity contribution in [3.05, 3.63) is 64.5 Å². The maximum absolute atomic E-state index is 12.8. The fraction of sp³-hybridized carbons (Fsp3) is 0.273. The maximum Gasteiger partial charge on any atom is 0.336 e. The van der Waals surface area contributed by atoms with Crippen molar-refractivity contribution in [2.24, 2.45) is 0 Å². The fourth-order valence-electron chi connectivity index (χ4n) is 3.41. The third-order valence-electron chi connectivity index (χ3n) is 5.02. The van der Waals surface area contributed by atoms with Gasteiger partial charge in [-0.15, -0.1) is 0 Å². The number of fused-ring (bicyclic) bond motifs is 1. The molecule has 0 saturated carbocycles. The monoisotopic (exact) mass is 458 g/mol. The van der Waals surface area contributed by atoms with Gasteiger partial charge in [-0.05, 0) is 42.8 Å². The van der Waals surface area contributed by atoms with E-state index in [9.17, 15) is 18.0 Å². The number of hydrogen-bond acceptors (Lipinski definition) is 7. The number of nitrogens with one attached hydrogen (secondary N) is 1. The van der Waals surface area contributed by atoms with Gasteiger partial charge in [0.15, 0.2) is 6.61 Å². The number of aryl methyl sites for hydroxylation is 1. The van der Waals surface area contributed by atoms with Crippen molar-refractivity contribution in [3.8, 4) is 5.75 Å². The lowest BCUT2D eigenvalue weighted by Gasteiger charge is -2.26. The van der Waals surface area contributed by atoms with Gasteiger partial charge in [-0.1, -0.05) is 6.07 Å². The van der Waals surface area contributed by atoms with Crippen molar-refractivity contribution in [2.45, 2.75) is 11.8 Å². The number of ether oxygens (including phenoxy) is 2. The summed E-state index contributed by atoms with van der Waals surface area (Å²) in [5.74, 6) is -0.0956. The molecule has 3 aromatic rings. The van der Waals surface area contributed by atoms with Gasteiger partial charge in [0.25, 0.3) is 5.91 Å². The SMILES string of the molecule is Cc1cc(=O)oc2cc(OCC(=O)Nc3cccc(S(=O)(=O)N4CCOCC4)c3)ccc12. The quantitative estimate of drug-likeness (QED) is 0.563. The van der Waals surface area contributed by atoms with Gasteiger partial charge in [0, 0.05) is 36.3 Å². The molecule has 1 amide bonds. The van der Waals surface area contributed by atoms with Crippen LogP contribution in [0, 0.1) is 6.92 Å². The molecule has 168 valence electrons. The number of nitrogens with zero attached hydrogens (tertiary/aromatic N) is 1. The highest BCUT2D eigenvalue weighted by molar-refractivity contribution is 7.89. The van der Waals surface area contributed by atoms with E-state index in [-0.39, 0.29) is 24.6 Å². The van der Waals surface area contributed by atoms with Crippen LogP contribution < -0.4 is 15.7 Å². The minimum absolute atomic E-state index is 0.0954. The second-order valence-corrected chi connectivity index (χ2v) is 9.23. The largest absolute Gasteiger partial charge is 0.484 e. The van der Waals surface area contributed by atoms with Crippen LogP contribution >= 0.6 is 0 Å². The first-order valence-corrected chi connectivity index (χ1v) is 11.4. The average Bonchev–Trinajstić information content (AvgIpc) is 2.78. The number of carbonyl (C=O) groups is 1. The van der Waals surface area contributed by atoms with E-state index in [2.05, 4.69) is 5.32 Å². The van der Waals surface area contributed by atoms with E-state index in [0.717, 1.165) is 10.9 Å². The molecule has 1 N–H and O–H groups in total. The van der Waals surface area contributed by atoms with Gasteiger partial charge in [-0.25, -0.2) is 13.2 Å². The molecule has 1 aliphatic rings. The Morgan fingerprint density at radius 1 is 1.12 bits per heavy atom. The molecule has 1 saturated heterocycles. The van der Waals surface area contributed by atoms with Crippen molar-refractivity contribution in [1.29, 1.82) is 0 Å². The maximum atomic E-state index is 12.8. The van der Waals surface area contributed by atoms with Crippen LogP contribution in [0.2, 0.25) is 0 Å². The molecule has 0 spiro atoms. The highest BCUT2D eigenvalue weighted by atomic mass is 32.2. The van der Waals surface area contributed by atoms with E-state index in [4.69, 9.17) is 13.9 Å². The summed E-state index contributed by atoms with van der Waals surface area (Å²) >= 11 is 0. The fourth-order valence-corrected chi connectivity index (χ4v) is 4.87. The van der Waals surface area contributed by atoms with E-state index < -0.39 is 21.6 Å². The highest BCUT2D eigenvalue weighted by Crippen LogP contribution is 2.23. The number of benzene rings is 2. The molecular formula is C22H22N2O7S. The Morgan fingerprint density at radius 3 is 2.69 bits per heavy atom. The van der Waals surface area contributed by atoms with Crippen molar-refractivity contribution < 1.29 is 27.1 Å². The second-order valence-electron chi connectivity index (χ2n) is 7.29. The number of hydrogen-bond donors (Lipinski definition) is 1. The number of rotatable bonds is 6. The molecule has 0 unspecified atom stereocenters. The van der Waals surface area contributed by atoms with Crippen molar-refractivity contribution >= 4 is 32.6 Å². The van der Waals surface area contributed by atoms with Gasteiger partial charge < -0.3 is 19.2 Å². The Balaban J connectivity index is 1.42. The van der Waals surface area contributed by atoms with Crippen LogP contribution in [0.25, 0.3) is 11.0 Å². The standard InChI is InChI=1S/C22H22N2O7S/c1-15-11-22(26)31-20-13-17(5-6-19(15)20)30-14-21(25)23-16-3-2-4-18(12-16)32(27,28)24-7-9-29-10-8-24/h2-6,11-13H,7-10,14H2,1H3,(H,23,25). The van der Waals surface area contributed by atoms with Crippen molar-refractivity contribution in [2.75, 3.05) is 38.2 Å². The normalized spacial score (nSPS) is 14.9. The zero-order valence-corrected chi connectivity index (χ0v) is 18.2. The van der Waals surface area contributed by atoms with Crippen molar-refractivity contribution in [3.63, 3.8) is 0 Å². The molecule has 4 rings (SSSR count). The van der Waals surface area contributed by atoms with Crippen LogP contribution in [0.1, 0.15) is 5.56 Å². The third-order valence-corrected chi connectivity index (χ3v) is 6.91. The summed E-state index contributed by atoms with van der Waals surface area (Å²) in [6.45, 7) is 2.79. The van der Waals surface area contributed by atoms with Crippen LogP contribution in [-0.4, -0.2) is 51.5 Å². The number of sulfonamides is 1. The van der Waals surface area contributed by atoms with Crippen LogP contribution in [0.4, 0.5) is 5.69 Å². The summed E-state index contributed by atoms with van der Waals surface area (Å²) in [7, 11) is -3.67. The topological polar surface area (TPSA) is 115 Å². The van der Waals surface area contributed by atoms with Crippen LogP contribution in [-0.2, 0) is 19.6 Å².